The average molecular weight is 240 g/mol. The third kappa shape index (κ3) is 2.80. The largest absolute Gasteiger partial charge is 0.396 e. The van der Waals surface area contributed by atoms with Crippen LogP contribution in [0.3, 0.4) is 0 Å². The lowest BCUT2D eigenvalue weighted by Gasteiger charge is -2.41. The lowest BCUT2D eigenvalue weighted by molar-refractivity contribution is -0.134. The highest BCUT2D eigenvalue weighted by Crippen LogP contribution is 2.43. The van der Waals surface area contributed by atoms with Crippen molar-refractivity contribution in [1.82, 2.24) is 4.90 Å². The molecule has 1 atom stereocenters. The lowest BCUT2D eigenvalue weighted by atomic mass is 9.66. The number of nitrogens with zero attached hydrogens (tertiary/aromatic N) is 1. The second-order valence-electron chi connectivity index (χ2n) is 5.74. The Morgan fingerprint density at radius 1 is 1.47 bits per heavy atom. The van der Waals surface area contributed by atoms with Gasteiger partial charge in [0.1, 0.15) is 0 Å². The molecule has 0 radical (unpaired) electrons. The highest BCUT2D eigenvalue weighted by molar-refractivity contribution is 5.77. The number of aliphatic hydroxyl groups is 1. The fraction of sp³-hybridized carbons (Fsp3) is 0.923. The number of carbonyl (C=O) groups is 1. The van der Waals surface area contributed by atoms with Gasteiger partial charge < -0.3 is 15.7 Å². The lowest BCUT2D eigenvalue weighted by Crippen LogP contribution is -2.42. The van der Waals surface area contributed by atoms with Crippen LogP contribution in [0, 0.1) is 11.3 Å². The molecule has 0 spiro atoms. The highest BCUT2D eigenvalue weighted by Gasteiger charge is 2.39. The maximum absolute atomic E-state index is 12.2. The first kappa shape index (κ1) is 12.8. The van der Waals surface area contributed by atoms with Gasteiger partial charge in [0.2, 0.25) is 5.91 Å². The first-order valence-corrected chi connectivity index (χ1v) is 6.78. The van der Waals surface area contributed by atoms with E-state index in [-0.39, 0.29) is 17.9 Å². The van der Waals surface area contributed by atoms with Crippen LogP contribution in [0.15, 0.2) is 0 Å². The number of carbonyl (C=O) groups excluding carboxylic acids is 1. The maximum Gasteiger partial charge on any atom is 0.223 e. The number of amides is 1. The Bertz CT molecular complexity index is 271. The molecule has 1 unspecified atom stereocenters. The molecule has 17 heavy (non-hydrogen) atoms. The zero-order valence-corrected chi connectivity index (χ0v) is 10.5. The van der Waals surface area contributed by atoms with Crippen molar-refractivity contribution in [3.05, 3.63) is 0 Å². The summed E-state index contributed by atoms with van der Waals surface area (Å²) in [5, 5.41) is 8.90. The molecule has 2 aliphatic rings. The highest BCUT2D eigenvalue weighted by atomic mass is 16.3. The Morgan fingerprint density at radius 2 is 2.24 bits per heavy atom. The quantitative estimate of drug-likeness (QED) is 0.744. The molecule has 0 bridgehead atoms. The van der Waals surface area contributed by atoms with E-state index in [1.807, 2.05) is 4.90 Å². The van der Waals surface area contributed by atoms with E-state index < -0.39 is 0 Å². The number of rotatable bonds is 5. The fourth-order valence-electron chi connectivity index (χ4n) is 3.04. The van der Waals surface area contributed by atoms with E-state index in [4.69, 9.17) is 10.8 Å². The van der Waals surface area contributed by atoms with Gasteiger partial charge in [0.05, 0.1) is 0 Å². The number of aliphatic hydroxyl groups excluding tert-OH is 1. The molecule has 1 heterocycles. The Hall–Kier alpha value is -0.610. The number of hydrogen-bond acceptors (Lipinski definition) is 3. The Balaban J connectivity index is 1.81. The second kappa shape index (κ2) is 5.36. The molecule has 0 aromatic carbocycles. The molecule has 98 valence electrons. The van der Waals surface area contributed by atoms with E-state index in [1.165, 1.54) is 6.42 Å². The minimum atomic E-state index is 0.117. The van der Waals surface area contributed by atoms with E-state index in [0.29, 0.717) is 18.9 Å². The first-order chi connectivity index (χ1) is 8.19. The molecule has 1 amide bonds. The van der Waals surface area contributed by atoms with Crippen LogP contribution in [0.4, 0.5) is 0 Å². The van der Waals surface area contributed by atoms with Crippen molar-refractivity contribution in [2.45, 2.75) is 38.5 Å². The van der Waals surface area contributed by atoms with Crippen LogP contribution in [-0.2, 0) is 4.79 Å². The van der Waals surface area contributed by atoms with Gasteiger partial charge in [0.25, 0.3) is 0 Å². The summed E-state index contributed by atoms with van der Waals surface area (Å²) in [6.07, 6.45) is 5.95. The van der Waals surface area contributed by atoms with Crippen molar-refractivity contribution in [2.24, 2.45) is 17.1 Å². The van der Waals surface area contributed by atoms with Crippen LogP contribution < -0.4 is 5.73 Å². The Labute approximate surface area is 103 Å². The smallest absolute Gasteiger partial charge is 0.223 e. The average Bonchev–Trinajstić information content (AvgIpc) is 2.72. The molecule has 3 N–H and O–H groups in total. The number of nitrogens with two attached hydrogens (primary N) is 1. The molecule has 1 saturated carbocycles. The van der Waals surface area contributed by atoms with Gasteiger partial charge in [-0.15, -0.1) is 0 Å². The Morgan fingerprint density at radius 3 is 2.76 bits per heavy atom. The fourth-order valence-corrected chi connectivity index (χ4v) is 3.04. The van der Waals surface area contributed by atoms with Crippen molar-refractivity contribution in [1.29, 1.82) is 0 Å². The van der Waals surface area contributed by atoms with Crippen molar-refractivity contribution in [3.63, 3.8) is 0 Å². The summed E-state index contributed by atoms with van der Waals surface area (Å²) in [4.78, 5) is 14.1. The molecule has 0 aromatic rings. The summed E-state index contributed by atoms with van der Waals surface area (Å²) >= 11 is 0. The van der Waals surface area contributed by atoms with E-state index in [1.54, 1.807) is 0 Å². The molecular weight excluding hydrogens is 216 g/mol. The van der Waals surface area contributed by atoms with Crippen LogP contribution in [-0.4, -0.2) is 42.2 Å². The minimum Gasteiger partial charge on any atom is -0.396 e. The third-order valence-corrected chi connectivity index (χ3v) is 4.55. The van der Waals surface area contributed by atoms with Gasteiger partial charge in [-0.1, -0.05) is 6.42 Å². The van der Waals surface area contributed by atoms with E-state index >= 15 is 0 Å². The molecule has 1 aliphatic heterocycles. The molecule has 1 saturated heterocycles. The monoisotopic (exact) mass is 240 g/mol. The van der Waals surface area contributed by atoms with Gasteiger partial charge >= 0.3 is 0 Å². The normalized spacial score (nSPS) is 26.9. The van der Waals surface area contributed by atoms with Gasteiger partial charge in [-0.2, -0.15) is 0 Å². The number of likely N-dealkylation sites (tertiary alicyclic amines) is 1. The van der Waals surface area contributed by atoms with Crippen LogP contribution >= 0.6 is 0 Å². The Kier molecular flexibility index (Phi) is 4.05. The van der Waals surface area contributed by atoms with Gasteiger partial charge in [-0.3, -0.25) is 4.79 Å². The molecule has 1 aliphatic carbocycles. The SMILES string of the molecule is NCC1(CC(=O)N2CCC(CCO)C2)CCC1. The molecule has 4 nitrogen and oxygen atoms in total. The zero-order valence-electron chi connectivity index (χ0n) is 10.5. The van der Waals surface area contributed by atoms with Gasteiger partial charge in [-0.25, -0.2) is 0 Å². The van der Waals surface area contributed by atoms with Crippen molar-refractivity contribution in [2.75, 3.05) is 26.2 Å². The summed E-state index contributed by atoms with van der Waals surface area (Å²) in [5.41, 5.74) is 5.90. The predicted octanol–water partition coefficient (Wildman–Crippen LogP) is 0.736. The molecule has 2 rings (SSSR count). The summed E-state index contributed by atoms with van der Waals surface area (Å²) in [6.45, 7) is 2.58. The molecule has 2 fully saturated rings. The third-order valence-electron chi connectivity index (χ3n) is 4.55. The van der Waals surface area contributed by atoms with E-state index in [9.17, 15) is 4.79 Å². The second-order valence-corrected chi connectivity index (χ2v) is 5.74. The van der Waals surface area contributed by atoms with Gasteiger partial charge in [-0.05, 0) is 43.6 Å². The maximum atomic E-state index is 12.2. The van der Waals surface area contributed by atoms with Gasteiger partial charge in [0, 0.05) is 26.1 Å². The van der Waals surface area contributed by atoms with Crippen LogP contribution in [0.1, 0.15) is 38.5 Å². The predicted molar refractivity (Wildman–Crippen MR) is 66.3 cm³/mol. The van der Waals surface area contributed by atoms with E-state index in [2.05, 4.69) is 0 Å². The summed E-state index contributed by atoms with van der Waals surface area (Å²) in [5.74, 6) is 0.773. The van der Waals surface area contributed by atoms with Crippen molar-refractivity contribution < 1.29 is 9.90 Å². The summed E-state index contributed by atoms with van der Waals surface area (Å²) in [7, 11) is 0. The standard InChI is InChI=1S/C13H24N2O2/c14-10-13(4-1-5-13)8-12(17)15-6-2-11(9-15)3-7-16/h11,16H,1-10,14H2. The van der Waals surface area contributed by atoms with Gasteiger partial charge in [0.15, 0.2) is 0 Å². The number of hydrogen-bond donors (Lipinski definition) is 2. The van der Waals surface area contributed by atoms with Crippen molar-refractivity contribution in [3.8, 4) is 0 Å². The minimum absolute atomic E-state index is 0.117. The molecule has 0 aromatic heterocycles. The van der Waals surface area contributed by atoms with Crippen LogP contribution in [0.2, 0.25) is 0 Å². The van der Waals surface area contributed by atoms with Crippen LogP contribution in [0.5, 0.6) is 0 Å². The topological polar surface area (TPSA) is 66.6 Å². The molecule has 4 heteroatoms. The summed E-state index contributed by atoms with van der Waals surface area (Å²) in [6, 6.07) is 0. The molecular formula is C13H24N2O2. The van der Waals surface area contributed by atoms with Crippen molar-refractivity contribution >= 4 is 5.91 Å². The first-order valence-electron chi connectivity index (χ1n) is 6.78. The van der Waals surface area contributed by atoms with E-state index in [0.717, 1.165) is 38.8 Å². The summed E-state index contributed by atoms with van der Waals surface area (Å²) < 4.78 is 0. The van der Waals surface area contributed by atoms with Crippen LogP contribution in [0.25, 0.3) is 0 Å². The zero-order chi connectivity index (χ0) is 12.3.